The van der Waals surface area contributed by atoms with E-state index >= 15 is 0 Å². The van der Waals surface area contributed by atoms with Gasteiger partial charge in [0.2, 0.25) is 0 Å². The lowest BCUT2D eigenvalue weighted by atomic mass is 10.1. The number of carbonyl (C=O) groups is 3. The maximum Gasteiger partial charge on any atom is 0.337 e. The van der Waals surface area contributed by atoms with E-state index < -0.39 is 5.97 Å². The molecule has 1 N–H and O–H groups in total. The van der Waals surface area contributed by atoms with Crippen molar-refractivity contribution >= 4 is 46.6 Å². The van der Waals surface area contributed by atoms with Crippen molar-refractivity contribution in [3.05, 3.63) is 86.5 Å². The summed E-state index contributed by atoms with van der Waals surface area (Å²) in [7, 11) is 0. The number of carbonyl (C=O) groups excluding carboxylic acids is 2. The van der Waals surface area contributed by atoms with Gasteiger partial charge in [-0.25, -0.2) is 4.79 Å². The zero-order valence-corrected chi connectivity index (χ0v) is 18.8. The highest BCUT2D eigenvalue weighted by molar-refractivity contribution is 8.18. The number of benzene rings is 2. The Kier molecular flexibility index (Phi) is 5.95. The second-order valence-electron chi connectivity index (χ2n) is 7.40. The van der Waals surface area contributed by atoms with Gasteiger partial charge in [0.1, 0.15) is 11.5 Å². The van der Waals surface area contributed by atoms with Gasteiger partial charge in [0, 0.05) is 11.6 Å². The second kappa shape index (κ2) is 8.68. The monoisotopic (exact) mass is 467 g/mol. The maximum atomic E-state index is 12.8. The van der Waals surface area contributed by atoms with E-state index in [1.54, 1.807) is 18.2 Å². The van der Waals surface area contributed by atoms with Gasteiger partial charge >= 0.3 is 5.97 Å². The van der Waals surface area contributed by atoms with Crippen LogP contribution in [0.1, 0.15) is 32.8 Å². The normalized spacial score (nSPS) is 15.1. The number of aromatic carboxylic acids is 1. The number of rotatable bonds is 5. The van der Waals surface area contributed by atoms with Gasteiger partial charge in [-0.1, -0.05) is 35.4 Å². The predicted octanol–water partition coefficient (Wildman–Crippen LogP) is 6.15. The van der Waals surface area contributed by atoms with E-state index in [-0.39, 0.29) is 33.2 Å². The molecule has 3 aromatic rings. The minimum Gasteiger partial charge on any atom is -0.478 e. The lowest BCUT2D eigenvalue weighted by Crippen LogP contribution is -2.27. The maximum absolute atomic E-state index is 12.8. The fourth-order valence-electron chi connectivity index (χ4n) is 3.39. The first kappa shape index (κ1) is 21.9. The number of hydrogen-bond acceptors (Lipinski definition) is 5. The fraction of sp³-hybridized carbons (Fsp3) is 0.125. The van der Waals surface area contributed by atoms with E-state index in [2.05, 4.69) is 0 Å². The standard InChI is InChI=1S/C24H18ClNO5S/c1-13-3-4-16(14(2)9-13)12-26-22(27)21(32-24(26)30)11-17-6-8-20(31-17)15-5-7-19(25)18(10-15)23(28)29/h3-11H,12H2,1-2H3,(H,28,29)/b21-11+. The van der Waals surface area contributed by atoms with Crippen molar-refractivity contribution in [3.63, 3.8) is 0 Å². The summed E-state index contributed by atoms with van der Waals surface area (Å²) in [5, 5.41) is 9.04. The predicted molar refractivity (Wildman–Crippen MR) is 124 cm³/mol. The lowest BCUT2D eigenvalue weighted by molar-refractivity contribution is -0.123. The average Bonchev–Trinajstić information content (AvgIpc) is 3.30. The molecular formula is C24H18ClNO5S. The van der Waals surface area contributed by atoms with Crippen molar-refractivity contribution in [2.75, 3.05) is 0 Å². The molecule has 162 valence electrons. The van der Waals surface area contributed by atoms with E-state index in [4.69, 9.17) is 16.0 Å². The van der Waals surface area contributed by atoms with Gasteiger partial charge in [-0.2, -0.15) is 0 Å². The average molecular weight is 468 g/mol. The molecular weight excluding hydrogens is 450 g/mol. The minimum atomic E-state index is -1.14. The Morgan fingerprint density at radius 1 is 1.12 bits per heavy atom. The molecule has 0 radical (unpaired) electrons. The van der Waals surface area contributed by atoms with Crippen molar-refractivity contribution in [2.45, 2.75) is 20.4 Å². The zero-order chi connectivity index (χ0) is 23.0. The van der Waals surface area contributed by atoms with Crippen LogP contribution in [0.5, 0.6) is 0 Å². The van der Waals surface area contributed by atoms with Crippen LogP contribution in [0.4, 0.5) is 4.79 Å². The quantitative estimate of drug-likeness (QED) is 0.452. The smallest absolute Gasteiger partial charge is 0.337 e. The van der Waals surface area contributed by atoms with Crippen molar-refractivity contribution in [1.29, 1.82) is 0 Å². The molecule has 6 nitrogen and oxygen atoms in total. The molecule has 1 fully saturated rings. The number of thioether (sulfide) groups is 1. The Balaban J connectivity index is 1.56. The molecule has 32 heavy (non-hydrogen) atoms. The van der Waals surface area contributed by atoms with Gasteiger partial charge in [-0.05, 0) is 67.1 Å². The number of halogens is 1. The largest absolute Gasteiger partial charge is 0.478 e. The number of carboxylic acid groups (broad SMARTS) is 1. The number of aryl methyl sites for hydroxylation is 2. The van der Waals surface area contributed by atoms with Gasteiger partial charge in [0.05, 0.1) is 22.0 Å². The number of hydrogen-bond donors (Lipinski definition) is 1. The van der Waals surface area contributed by atoms with Crippen molar-refractivity contribution in [1.82, 2.24) is 4.90 Å². The molecule has 2 amide bonds. The topological polar surface area (TPSA) is 87.8 Å². The number of carboxylic acids is 1. The molecule has 1 aliphatic heterocycles. The first-order chi connectivity index (χ1) is 15.2. The minimum absolute atomic E-state index is 0.0327. The third kappa shape index (κ3) is 4.35. The van der Waals surface area contributed by atoms with Crippen LogP contribution < -0.4 is 0 Å². The molecule has 0 atom stereocenters. The summed E-state index contributed by atoms with van der Waals surface area (Å²) in [5.74, 6) is -0.715. The Labute approximate surface area is 193 Å². The van der Waals surface area contributed by atoms with E-state index in [1.807, 2.05) is 32.0 Å². The van der Waals surface area contributed by atoms with Crippen molar-refractivity contribution in [2.24, 2.45) is 0 Å². The molecule has 1 saturated heterocycles. The number of amides is 2. The Morgan fingerprint density at radius 2 is 1.91 bits per heavy atom. The first-order valence-corrected chi connectivity index (χ1v) is 10.9. The summed E-state index contributed by atoms with van der Waals surface area (Å²) in [4.78, 5) is 38.1. The molecule has 0 saturated carbocycles. The number of imide groups is 1. The van der Waals surface area contributed by atoms with Crippen LogP contribution in [0.3, 0.4) is 0 Å². The van der Waals surface area contributed by atoms with E-state index in [9.17, 15) is 19.5 Å². The lowest BCUT2D eigenvalue weighted by Gasteiger charge is -2.14. The van der Waals surface area contributed by atoms with Gasteiger partial charge in [-0.3, -0.25) is 14.5 Å². The number of nitrogens with zero attached hydrogens (tertiary/aromatic N) is 1. The van der Waals surface area contributed by atoms with Crippen LogP contribution in [0.15, 0.2) is 57.9 Å². The molecule has 0 unspecified atom stereocenters. The molecule has 0 bridgehead atoms. The van der Waals surface area contributed by atoms with E-state index in [1.165, 1.54) is 23.1 Å². The van der Waals surface area contributed by atoms with Gasteiger partial charge in [-0.15, -0.1) is 0 Å². The van der Waals surface area contributed by atoms with Crippen LogP contribution in [-0.4, -0.2) is 27.1 Å². The molecule has 0 aliphatic carbocycles. The summed E-state index contributed by atoms with van der Waals surface area (Å²) in [6, 6.07) is 13.8. The second-order valence-corrected chi connectivity index (χ2v) is 8.80. The number of furan rings is 1. The fourth-order valence-corrected chi connectivity index (χ4v) is 4.40. The molecule has 1 aromatic heterocycles. The third-order valence-electron chi connectivity index (χ3n) is 5.08. The van der Waals surface area contributed by atoms with E-state index in [0.29, 0.717) is 17.1 Å². The molecule has 2 heterocycles. The summed E-state index contributed by atoms with van der Waals surface area (Å²) in [6.45, 7) is 4.15. The Bertz CT molecular complexity index is 1290. The van der Waals surface area contributed by atoms with Crippen LogP contribution in [0, 0.1) is 13.8 Å². The summed E-state index contributed by atoms with van der Waals surface area (Å²) in [6.07, 6.45) is 1.52. The van der Waals surface area contributed by atoms with Gasteiger partial charge in [0.15, 0.2) is 0 Å². The van der Waals surface area contributed by atoms with E-state index in [0.717, 1.165) is 28.5 Å². The molecule has 4 rings (SSSR count). The highest BCUT2D eigenvalue weighted by Gasteiger charge is 2.35. The van der Waals surface area contributed by atoms with Gasteiger partial charge < -0.3 is 9.52 Å². The SMILES string of the molecule is Cc1ccc(CN2C(=O)S/C(=C/c3ccc(-c4ccc(Cl)c(C(=O)O)c4)o3)C2=O)c(C)c1. The molecule has 1 aliphatic rings. The van der Waals surface area contributed by atoms with Gasteiger partial charge in [0.25, 0.3) is 11.1 Å². The van der Waals surface area contributed by atoms with Crippen LogP contribution in [0.25, 0.3) is 17.4 Å². The van der Waals surface area contributed by atoms with Crippen LogP contribution >= 0.6 is 23.4 Å². The zero-order valence-electron chi connectivity index (χ0n) is 17.2. The summed E-state index contributed by atoms with van der Waals surface area (Å²) in [5.41, 5.74) is 3.55. The molecule has 0 spiro atoms. The third-order valence-corrected chi connectivity index (χ3v) is 6.32. The highest BCUT2D eigenvalue weighted by atomic mass is 35.5. The highest BCUT2D eigenvalue weighted by Crippen LogP contribution is 2.35. The van der Waals surface area contributed by atoms with Crippen LogP contribution in [0.2, 0.25) is 5.02 Å². The molecule has 8 heteroatoms. The van der Waals surface area contributed by atoms with Crippen molar-refractivity contribution < 1.29 is 23.9 Å². The van der Waals surface area contributed by atoms with Crippen LogP contribution in [-0.2, 0) is 11.3 Å². The Hall–Kier alpha value is -3.29. The molecule has 2 aromatic carbocycles. The first-order valence-electron chi connectivity index (χ1n) is 9.67. The summed E-state index contributed by atoms with van der Waals surface area (Å²) < 4.78 is 5.77. The Morgan fingerprint density at radius 3 is 2.62 bits per heavy atom. The summed E-state index contributed by atoms with van der Waals surface area (Å²) >= 11 is 6.78. The van der Waals surface area contributed by atoms with Crippen molar-refractivity contribution in [3.8, 4) is 11.3 Å².